The van der Waals surface area contributed by atoms with E-state index in [0.717, 1.165) is 0 Å². The maximum atomic E-state index is 13.6. The summed E-state index contributed by atoms with van der Waals surface area (Å²) in [4.78, 5) is 26.0. The zero-order valence-corrected chi connectivity index (χ0v) is 17.2. The molecule has 0 spiro atoms. The van der Waals surface area contributed by atoms with E-state index in [4.69, 9.17) is 21.1 Å². The van der Waals surface area contributed by atoms with Crippen molar-refractivity contribution >= 4 is 35.2 Å². The summed E-state index contributed by atoms with van der Waals surface area (Å²) in [7, 11) is 0. The first-order chi connectivity index (χ1) is 15.0. The van der Waals surface area contributed by atoms with Crippen LogP contribution in [0, 0.1) is 17.1 Å². The molecular weight excluding hydrogens is 425 g/mol. The number of ether oxygens (including phenoxy) is 2. The number of nitrogens with zero attached hydrogens (tertiary/aromatic N) is 2. The van der Waals surface area contributed by atoms with Crippen molar-refractivity contribution in [2.45, 2.75) is 0 Å². The topological polar surface area (TPSA) is 91.7 Å². The van der Waals surface area contributed by atoms with Gasteiger partial charge in [0.05, 0.1) is 23.9 Å². The highest BCUT2D eigenvalue weighted by Crippen LogP contribution is 2.27. The second-order valence-electron chi connectivity index (χ2n) is 6.58. The molecular formula is C22H19ClFN3O4. The molecule has 1 N–H and O–H groups in total. The van der Waals surface area contributed by atoms with E-state index in [9.17, 15) is 19.2 Å². The van der Waals surface area contributed by atoms with Crippen molar-refractivity contribution < 1.29 is 23.5 Å². The smallest absolute Gasteiger partial charge is 0.264 e. The minimum atomic E-state index is -0.551. The predicted octanol–water partition coefficient (Wildman–Crippen LogP) is 3.26. The molecule has 7 nitrogen and oxygen atoms in total. The normalized spacial score (nSPS) is 14.0. The Labute approximate surface area is 183 Å². The Morgan fingerprint density at radius 1 is 1.26 bits per heavy atom. The van der Waals surface area contributed by atoms with Crippen molar-refractivity contribution in [2.24, 2.45) is 0 Å². The highest BCUT2D eigenvalue weighted by molar-refractivity contribution is 6.32. The summed E-state index contributed by atoms with van der Waals surface area (Å²) in [6.45, 7) is 1.36. The van der Waals surface area contributed by atoms with Crippen LogP contribution in [0.2, 0.25) is 5.02 Å². The molecule has 1 aliphatic rings. The number of nitrogens with one attached hydrogen (secondary N) is 1. The fraction of sp³-hybridized carbons (Fsp3) is 0.227. The van der Waals surface area contributed by atoms with Gasteiger partial charge in [-0.2, -0.15) is 5.26 Å². The number of morpholine rings is 1. The Morgan fingerprint density at radius 2 is 2.00 bits per heavy atom. The van der Waals surface area contributed by atoms with E-state index in [1.165, 1.54) is 36.4 Å². The molecule has 0 saturated carbocycles. The van der Waals surface area contributed by atoms with Gasteiger partial charge in [0.25, 0.3) is 11.8 Å². The molecule has 3 rings (SSSR count). The molecule has 1 heterocycles. The van der Waals surface area contributed by atoms with Crippen molar-refractivity contribution in [3.63, 3.8) is 0 Å². The maximum absolute atomic E-state index is 13.6. The van der Waals surface area contributed by atoms with E-state index >= 15 is 0 Å². The molecule has 0 bridgehead atoms. The number of carbonyl (C=O) groups is 2. The van der Waals surface area contributed by atoms with E-state index in [-0.39, 0.29) is 34.5 Å². The molecule has 2 aromatic carbocycles. The molecule has 2 amide bonds. The Balaban J connectivity index is 1.63. The number of para-hydroxylation sites is 1. The fourth-order valence-electron chi connectivity index (χ4n) is 2.86. The Bertz CT molecular complexity index is 1050. The summed E-state index contributed by atoms with van der Waals surface area (Å²) in [5.74, 6) is -1.23. The molecule has 0 aliphatic carbocycles. The number of amides is 2. The minimum Gasteiger partial charge on any atom is -0.482 e. The number of rotatable bonds is 6. The third kappa shape index (κ3) is 6.04. The van der Waals surface area contributed by atoms with E-state index in [1.54, 1.807) is 17.0 Å². The first-order valence-corrected chi connectivity index (χ1v) is 9.81. The summed E-state index contributed by atoms with van der Waals surface area (Å²) < 4.78 is 24.2. The van der Waals surface area contributed by atoms with Gasteiger partial charge in [-0.05, 0) is 35.9 Å². The Hall–Kier alpha value is -3.41. The quantitative estimate of drug-likeness (QED) is 0.546. The summed E-state index contributed by atoms with van der Waals surface area (Å²) in [6.07, 6.45) is 1.44. The second-order valence-corrected chi connectivity index (χ2v) is 6.99. The van der Waals surface area contributed by atoms with Gasteiger partial charge in [-0.3, -0.25) is 9.59 Å². The van der Waals surface area contributed by atoms with E-state index < -0.39 is 11.7 Å². The summed E-state index contributed by atoms with van der Waals surface area (Å²) in [5, 5.41) is 12.0. The van der Waals surface area contributed by atoms with E-state index in [0.29, 0.717) is 31.9 Å². The van der Waals surface area contributed by atoms with Gasteiger partial charge in [0.1, 0.15) is 23.2 Å². The summed E-state index contributed by atoms with van der Waals surface area (Å²) >= 11 is 6.21. The summed E-state index contributed by atoms with van der Waals surface area (Å²) in [6, 6.07) is 12.4. The van der Waals surface area contributed by atoms with Crippen LogP contribution in [0.4, 0.5) is 10.1 Å². The van der Waals surface area contributed by atoms with Crippen LogP contribution >= 0.6 is 11.6 Å². The molecule has 1 aliphatic heterocycles. The highest BCUT2D eigenvalue weighted by atomic mass is 35.5. The second kappa shape index (κ2) is 10.6. The molecule has 0 aromatic heterocycles. The average Bonchev–Trinajstić information content (AvgIpc) is 2.78. The molecule has 0 unspecified atom stereocenters. The van der Waals surface area contributed by atoms with Gasteiger partial charge >= 0.3 is 0 Å². The van der Waals surface area contributed by atoms with Crippen molar-refractivity contribution in [3.05, 3.63) is 64.4 Å². The van der Waals surface area contributed by atoms with Gasteiger partial charge in [0.15, 0.2) is 6.61 Å². The monoisotopic (exact) mass is 443 g/mol. The van der Waals surface area contributed by atoms with Crippen molar-refractivity contribution in [2.75, 3.05) is 38.2 Å². The largest absolute Gasteiger partial charge is 0.482 e. The first kappa shape index (κ1) is 22.3. The molecule has 31 heavy (non-hydrogen) atoms. The van der Waals surface area contributed by atoms with Crippen LogP contribution in [0.25, 0.3) is 6.08 Å². The number of hydrogen-bond acceptors (Lipinski definition) is 5. The number of nitriles is 1. The zero-order valence-electron chi connectivity index (χ0n) is 16.4. The molecule has 1 saturated heterocycles. The van der Waals surface area contributed by atoms with Gasteiger partial charge in [-0.1, -0.05) is 29.8 Å². The number of anilines is 1. The van der Waals surface area contributed by atoms with Crippen LogP contribution in [0.15, 0.2) is 48.0 Å². The van der Waals surface area contributed by atoms with Crippen molar-refractivity contribution in [3.8, 4) is 11.8 Å². The molecule has 9 heteroatoms. The lowest BCUT2D eigenvalue weighted by Crippen LogP contribution is -2.41. The lowest BCUT2D eigenvalue weighted by atomic mass is 10.1. The lowest BCUT2D eigenvalue weighted by molar-refractivity contribution is -0.130. The fourth-order valence-corrected chi connectivity index (χ4v) is 3.10. The van der Waals surface area contributed by atoms with Gasteiger partial charge in [0, 0.05) is 13.1 Å². The van der Waals surface area contributed by atoms with E-state index in [1.807, 2.05) is 6.07 Å². The van der Waals surface area contributed by atoms with Crippen LogP contribution in [0.1, 0.15) is 5.56 Å². The van der Waals surface area contributed by atoms with Crippen molar-refractivity contribution in [1.82, 2.24) is 4.90 Å². The summed E-state index contributed by atoms with van der Waals surface area (Å²) in [5.41, 5.74) is 0.568. The van der Waals surface area contributed by atoms with Gasteiger partial charge < -0.3 is 19.7 Å². The lowest BCUT2D eigenvalue weighted by Gasteiger charge is -2.26. The minimum absolute atomic E-state index is 0.0177. The van der Waals surface area contributed by atoms with Crippen LogP contribution in [-0.2, 0) is 14.3 Å². The van der Waals surface area contributed by atoms with Crippen LogP contribution in [0.5, 0.6) is 5.75 Å². The third-order valence-electron chi connectivity index (χ3n) is 4.42. The van der Waals surface area contributed by atoms with Gasteiger partial charge in [-0.15, -0.1) is 0 Å². The average molecular weight is 444 g/mol. The highest BCUT2D eigenvalue weighted by Gasteiger charge is 2.20. The standard InChI is InChI=1S/C22H19ClFN3O4/c23-17-12-15(11-16(13-25)22(29)27-7-9-30-10-8-27)5-6-20(17)31-14-21(28)26-19-4-2-1-3-18(19)24/h1-6,11-12H,7-10,14H2,(H,26,28)/b16-11-. The third-order valence-corrected chi connectivity index (χ3v) is 4.72. The van der Waals surface area contributed by atoms with Gasteiger partial charge in [-0.25, -0.2) is 4.39 Å². The number of hydrogen-bond donors (Lipinski definition) is 1. The number of benzene rings is 2. The maximum Gasteiger partial charge on any atom is 0.264 e. The number of halogens is 2. The molecule has 2 aromatic rings. The molecule has 1 fully saturated rings. The Kier molecular flexibility index (Phi) is 7.60. The molecule has 0 radical (unpaired) electrons. The van der Waals surface area contributed by atoms with Crippen LogP contribution in [0.3, 0.4) is 0 Å². The molecule has 0 atom stereocenters. The molecule has 160 valence electrons. The van der Waals surface area contributed by atoms with E-state index in [2.05, 4.69) is 5.32 Å². The van der Waals surface area contributed by atoms with Crippen molar-refractivity contribution in [1.29, 1.82) is 5.26 Å². The Morgan fingerprint density at radius 3 is 2.68 bits per heavy atom. The van der Waals surface area contributed by atoms with Crippen LogP contribution in [-0.4, -0.2) is 49.6 Å². The number of carbonyl (C=O) groups excluding carboxylic acids is 2. The van der Waals surface area contributed by atoms with Gasteiger partial charge in [0.2, 0.25) is 0 Å². The predicted molar refractivity (Wildman–Crippen MR) is 113 cm³/mol. The van der Waals surface area contributed by atoms with Crippen LogP contribution < -0.4 is 10.1 Å². The SMILES string of the molecule is N#C/C(=C/c1ccc(OCC(=O)Nc2ccccc2F)c(Cl)c1)C(=O)N1CCOCC1. The zero-order chi connectivity index (χ0) is 22.2. The first-order valence-electron chi connectivity index (χ1n) is 9.43.